The molecule has 150 valence electrons. The topological polar surface area (TPSA) is 64.6 Å². The maximum absolute atomic E-state index is 13.3. The lowest BCUT2D eigenvalue weighted by Gasteiger charge is -2.19. The second-order valence-corrected chi connectivity index (χ2v) is 9.27. The lowest BCUT2D eigenvalue weighted by Crippen LogP contribution is -2.25. The van der Waals surface area contributed by atoms with E-state index in [1.165, 1.54) is 0 Å². The van der Waals surface area contributed by atoms with Gasteiger partial charge in [-0.15, -0.1) is 0 Å². The number of hydrogen-bond acceptors (Lipinski definition) is 4. The van der Waals surface area contributed by atoms with Gasteiger partial charge < -0.3 is 14.4 Å². The summed E-state index contributed by atoms with van der Waals surface area (Å²) >= 11 is 3.33. The van der Waals surface area contributed by atoms with Gasteiger partial charge in [0, 0.05) is 10.0 Å². The van der Waals surface area contributed by atoms with Crippen LogP contribution in [-0.4, -0.2) is 12.2 Å². The van der Waals surface area contributed by atoms with Gasteiger partial charge in [0.05, 0.1) is 13.2 Å². The van der Waals surface area contributed by atoms with Crippen LogP contribution in [0.3, 0.4) is 0 Å². The van der Waals surface area contributed by atoms with Crippen molar-refractivity contribution < 1.29 is 18.4 Å². The summed E-state index contributed by atoms with van der Waals surface area (Å²) in [4.78, 5) is 12.4. The van der Waals surface area contributed by atoms with Crippen LogP contribution in [0.2, 0.25) is 0 Å². The van der Waals surface area contributed by atoms with Gasteiger partial charge in [0.2, 0.25) is 0 Å². The van der Waals surface area contributed by atoms with Crippen LogP contribution in [-0.2, 0) is 26.8 Å². The molecule has 0 fully saturated rings. The van der Waals surface area contributed by atoms with Crippen molar-refractivity contribution in [2.24, 2.45) is 0 Å². The molecule has 3 rings (SSSR count). The predicted octanol–water partition coefficient (Wildman–Crippen LogP) is 5.76. The Bertz CT molecular complexity index is 918. The average Bonchev–Trinajstić information content (AvgIpc) is 2.77. The number of carbonyl (C=O) groups excluding carboxylic acids is 1. The Morgan fingerprint density at radius 1 is 0.793 bits per heavy atom. The maximum atomic E-state index is 13.3. The number of benzene rings is 3. The van der Waals surface area contributed by atoms with Gasteiger partial charge in [0.25, 0.3) is 5.91 Å². The molecule has 5 nitrogen and oxygen atoms in total. The molecule has 0 heterocycles. The van der Waals surface area contributed by atoms with E-state index in [9.17, 15) is 9.36 Å². The molecule has 0 aliphatic rings. The zero-order valence-electron chi connectivity index (χ0n) is 15.7. The molecular formula is C22H21BrNO4P. The molecule has 3 aromatic carbocycles. The number of carbonyl (C=O) groups is 1. The standard InChI is InChI=1S/C22H21BrNO4P/c23-21-13-11-20(12-14-21)22(25)24-17-29(26,27-15-18-7-3-1-4-8-18)28-16-19-9-5-2-6-10-19/h1-14H,15-17H2,(H,24,25). The fraction of sp³-hybridized carbons (Fsp3) is 0.136. The molecule has 1 N–H and O–H groups in total. The van der Waals surface area contributed by atoms with Gasteiger partial charge in [-0.25, -0.2) is 0 Å². The largest absolute Gasteiger partial charge is 0.350 e. The first-order valence-electron chi connectivity index (χ1n) is 9.04. The van der Waals surface area contributed by atoms with Gasteiger partial charge in [-0.1, -0.05) is 76.6 Å². The zero-order valence-corrected chi connectivity index (χ0v) is 18.1. The van der Waals surface area contributed by atoms with Crippen LogP contribution >= 0.6 is 23.5 Å². The fourth-order valence-corrected chi connectivity index (χ4v) is 4.04. The quantitative estimate of drug-likeness (QED) is 0.401. The molecule has 0 saturated carbocycles. The average molecular weight is 474 g/mol. The maximum Gasteiger partial charge on any atom is 0.350 e. The monoisotopic (exact) mass is 473 g/mol. The molecule has 0 aromatic heterocycles. The summed E-state index contributed by atoms with van der Waals surface area (Å²) in [5.74, 6) is -0.343. The molecular weight excluding hydrogens is 453 g/mol. The third kappa shape index (κ3) is 6.94. The van der Waals surface area contributed by atoms with Crippen molar-refractivity contribution in [3.63, 3.8) is 0 Å². The number of halogens is 1. The third-order valence-electron chi connectivity index (χ3n) is 4.08. The second-order valence-electron chi connectivity index (χ2n) is 6.30. The number of amides is 1. The van der Waals surface area contributed by atoms with Crippen LogP contribution in [0.4, 0.5) is 0 Å². The number of nitrogens with one attached hydrogen (secondary N) is 1. The van der Waals surface area contributed by atoms with Crippen molar-refractivity contribution in [1.29, 1.82) is 0 Å². The van der Waals surface area contributed by atoms with E-state index in [0.29, 0.717) is 5.56 Å². The summed E-state index contributed by atoms with van der Waals surface area (Å²) < 4.78 is 25.5. The van der Waals surface area contributed by atoms with Crippen LogP contribution < -0.4 is 5.32 Å². The minimum absolute atomic E-state index is 0.126. The Hall–Kier alpha value is -2.24. The van der Waals surface area contributed by atoms with Crippen molar-refractivity contribution in [1.82, 2.24) is 5.32 Å². The van der Waals surface area contributed by atoms with E-state index in [-0.39, 0.29) is 25.4 Å². The highest BCUT2D eigenvalue weighted by Gasteiger charge is 2.26. The van der Waals surface area contributed by atoms with Gasteiger partial charge >= 0.3 is 7.60 Å². The molecule has 29 heavy (non-hydrogen) atoms. The highest BCUT2D eigenvalue weighted by atomic mass is 79.9. The van der Waals surface area contributed by atoms with Gasteiger partial charge in [-0.3, -0.25) is 9.36 Å². The number of rotatable bonds is 9. The minimum atomic E-state index is -3.58. The van der Waals surface area contributed by atoms with Gasteiger partial charge in [-0.05, 0) is 35.4 Å². The first-order chi connectivity index (χ1) is 14.0. The Morgan fingerprint density at radius 3 is 1.76 bits per heavy atom. The van der Waals surface area contributed by atoms with E-state index < -0.39 is 7.60 Å². The molecule has 0 radical (unpaired) electrons. The highest BCUT2D eigenvalue weighted by Crippen LogP contribution is 2.48. The summed E-state index contributed by atoms with van der Waals surface area (Å²) in [7, 11) is -3.58. The first kappa shape index (κ1) is 21.5. The predicted molar refractivity (Wildman–Crippen MR) is 117 cm³/mol. The number of hydrogen-bond donors (Lipinski definition) is 1. The summed E-state index contributed by atoms with van der Waals surface area (Å²) in [6, 6.07) is 25.7. The Balaban J connectivity index is 1.66. The van der Waals surface area contributed by atoms with E-state index >= 15 is 0 Å². The van der Waals surface area contributed by atoms with Gasteiger partial charge in [0.1, 0.15) is 6.29 Å². The van der Waals surface area contributed by atoms with Gasteiger partial charge in [-0.2, -0.15) is 0 Å². The Kier molecular flexibility index (Phi) is 7.78. The molecule has 7 heteroatoms. The highest BCUT2D eigenvalue weighted by molar-refractivity contribution is 9.10. The van der Waals surface area contributed by atoms with Crippen LogP contribution in [0.1, 0.15) is 21.5 Å². The third-order valence-corrected chi connectivity index (χ3v) is 6.20. The van der Waals surface area contributed by atoms with Crippen molar-refractivity contribution in [2.75, 3.05) is 6.29 Å². The van der Waals surface area contributed by atoms with Crippen molar-refractivity contribution in [3.05, 3.63) is 106 Å². The molecule has 0 spiro atoms. The fourth-order valence-electron chi connectivity index (χ4n) is 2.49. The summed E-state index contributed by atoms with van der Waals surface area (Å²) in [6.45, 7) is 0.252. The first-order valence-corrected chi connectivity index (χ1v) is 11.6. The molecule has 0 saturated heterocycles. The molecule has 3 aromatic rings. The Morgan fingerprint density at radius 2 is 1.28 bits per heavy atom. The molecule has 0 unspecified atom stereocenters. The normalized spacial score (nSPS) is 11.2. The second kappa shape index (κ2) is 10.5. The molecule has 0 aliphatic heterocycles. The summed E-state index contributed by atoms with van der Waals surface area (Å²) in [5.41, 5.74) is 2.21. The van der Waals surface area contributed by atoms with E-state index in [2.05, 4.69) is 21.2 Å². The Labute approximate surface area is 178 Å². The SMILES string of the molecule is O=C(NCP(=O)(OCc1ccccc1)OCc1ccccc1)c1ccc(Br)cc1. The molecule has 1 amide bonds. The molecule has 0 bridgehead atoms. The summed E-state index contributed by atoms with van der Waals surface area (Å²) in [6.07, 6.45) is -0.221. The van der Waals surface area contributed by atoms with E-state index in [1.807, 2.05) is 60.7 Å². The van der Waals surface area contributed by atoms with E-state index in [4.69, 9.17) is 9.05 Å². The lowest BCUT2D eigenvalue weighted by molar-refractivity contribution is 0.0952. The van der Waals surface area contributed by atoms with Crippen LogP contribution in [0.15, 0.2) is 89.4 Å². The lowest BCUT2D eigenvalue weighted by atomic mass is 10.2. The van der Waals surface area contributed by atoms with Gasteiger partial charge in [0.15, 0.2) is 0 Å². The van der Waals surface area contributed by atoms with Crippen molar-refractivity contribution in [3.8, 4) is 0 Å². The van der Waals surface area contributed by atoms with E-state index in [1.54, 1.807) is 24.3 Å². The van der Waals surface area contributed by atoms with E-state index in [0.717, 1.165) is 15.6 Å². The van der Waals surface area contributed by atoms with Crippen LogP contribution in [0, 0.1) is 0 Å². The molecule has 0 aliphatic carbocycles. The van der Waals surface area contributed by atoms with Crippen molar-refractivity contribution >= 4 is 29.4 Å². The molecule has 0 atom stereocenters. The smallest absolute Gasteiger partial charge is 0.340 e. The van der Waals surface area contributed by atoms with Crippen LogP contribution in [0.5, 0.6) is 0 Å². The van der Waals surface area contributed by atoms with Crippen LogP contribution in [0.25, 0.3) is 0 Å². The minimum Gasteiger partial charge on any atom is -0.340 e. The van der Waals surface area contributed by atoms with Crippen molar-refractivity contribution in [2.45, 2.75) is 13.2 Å². The summed E-state index contributed by atoms with van der Waals surface area (Å²) in [5, 5.41) is 2.66. The zero-order chi connectivity index (χ0) is 20.5.